The van der Waals surface area contributed by atoms with Gasteiger partial charge in [-0.25, -0.2) is 8.42 Å². The molecule has 0 radical (unpaired) electrons. The molecule has 9 heteroatoms. The van der Waals surface area contributed by atoms with Crippen LogP contribution in [0, 0.1) is 24.0 Å². The maximum atomic E-state index is 13.1. The minimum atomic E-state index is -3.86. The van der Waals surface area contributed by atoms with Gasteiger partial charge < -0.3 is 4.74 Å². The molecule has 0 aliphatic carbocycles. The lowest BCUT2D eigenvalue weighted by molar-refractivity contribution is -0.385. The number of ether oxygens (including phenoxy) is 1. The Morgan fingerprint density at radius 2 is 1.74 bits per heavy atom. The number of non-ortho nitro benzene ring substituents is 1. The second kappa shape index (κ2) is 7.97. The number of sulfonamides is 1. The maximum absolute atomic E-state index is 13.1. The minimum absolute atomic E-state index is 0.0384. The third-order valence-electron chi connectivity index (χ3n) is 4.28. The fourth-order valence-electron chi connectivity index (χ4n) is 2.85. The highest BCUT2D eigenvalue weighted by Gasteiger charge is 2.30. The molecule has 0 saturated carbocycles. The lowest BCUT2D eigenvalue weighted by Crippen LogP contribution is -2.40. The van der Waals surface area contributed by atoms with Gasteiger partial charge in [-0.05, 0) is 31.5 Å². The summed E-state index contributed by atoms with van der Waals surface area (Å²) in [6.07, 6.45) is 0. The first kappa shape index (κ1) is 19.8. The molecule has 1 aliphatic rings. The van der Waals surface area contributed by atoms with Crippen molar-refractivity contribution in [2.24, 2.45) is 0 Å². The van der Waals surface area contributed by atoms with Gasteiger partial charge in [0.05, 0.1) is 18.1 Å². The Kier molecular flexibility index (Phi) is 5.85. The molecule has 1 heterocycles. The molecule has 0 unspecified atom stereocenters. The largest absolute Gasteiger partial charge is 0.379 e. The molecule has 0 N–H and O–H groups in total. The molecule has 1 fully saturated rings. The van der Waals surface area contributed by atoms with Crippen LogP contribution in [-0.4, -0.2) is 43.9 Å². The Bertz CT molecular complexity index is 970. The molecule has 3 rings (SSSR count). The molecule has 0 aromatic heterocycles. The van der Waals surface area contributed by atoms with Gasteiger partial charge in [0.15, 0.2) is 0 Å². The first-order valence-corrected chi connectivity index (χ1v) is 10.7. The van der Waals surface area contributed by atoms with Gasteiger partial charge in [-0.2, -0.15) is 4.31 Å². The van der Waals surface area contributed by atoms with Crippen molar-refractivity contribution >= 4 is 27.5 Å². The van der Waals surface area contributed by atoms with Gasteiger partial charge in [-0.1, -0.05) is 29.5 Å². The van der Waals surface area contributed by atoms with Crippen LogP contribution in [0.15, 0.2) is 51.1 Å². The molecule has 1 aliphatic heterocycles. The Morgan fingerprint density at radius 3 is 2.37 bits per heavy atom. The van der Waals surface area contributed by atoms with E-state index in [2.05, 4.69) is 0 Å². The van der Waals surface area contributed by atoms with E-state index in [9.17, 15) is 18.5 Å². The molecule has 0 bridgehead atoms. The maximum Gasteiger partial charge on any atom is 0.270 e. The van der Waals surface area contributed by atoms with E-state index in [0.717, 1.165) is 22.1 Å². The molecular formula is C18H20N2O5S2. The molecule has 1 saturated heterocycles. The summed E-state index contributed by atoms with van der Waals surface area (Å²) in [5.41, 5.74) is 1.89. The Morgan fingerprint density at radius 1 is 1.07 bits per heavy atom. The van der Waals surface area contributed by atoms with Gasteiger partial charge in [-0.15, -0.1) is 0 Å². The van der Waals surface area contributed by atoms with Gasteiger partial charge in [0, 0.05) is 35.0 Å². The van der Waals surface area contributed by atoms with E-state index in [1.54, 1.807) is 0 Å². The fraction of sp³-hybridized carbons (Fsp3) is 0.333. The van der Waals surface area contributed by atoms with Crippen LogP contribution in [0.2, 0.25) is 0 Å². The predicted octanol–water partition coefficient (Wildman–Crippen LogP) is 3.38. The van der Waals surface area contributed by atoms with Crippen LogP contribution in [0.3, 0.4) is 0 Å². The molecule has 7 nitrogen and oxygen atoms in total. The number of aryl methyl sites for hydroxylation is 2. The lowest BCUT2D eigenvalue weighted by atomic mass is 10.2. The van der Waals surface area contributed by atoms with Crippen molar-refractivity contribution in [3.8, 4) is 0 Å². The van der Waals surface area contributed by atoms with Crippen LogP contribution in [0.1, 0.15) is 11.1 Å². The summed E-state index contributed by atoms with van der Waals surface area (Å²) < 4.78 is 32.8. The summed E-state index contributed by atoms with van der Waals surface area (Å²) in [5.74, 6) is 0. The zero-order chi connectivity index (χ0) is 19.6. The van der Waals surface area contributed by atoms with Crippen molar-refractivity contribution < 1.29 is 18.1 Å². The molecule has 144 valence electrons. The summed E-state index contributed by atoms with van der Waals surface area (Å²) in [5, 5.41) is 11.2. The van der Waals surface area contributed by atoms with Crippen molar-refractivity contribution in [2.75, 3.05) is 26.3 Å². The number of nitro groups is 1. The molecule has 27 heavy (non-hydrogen) atoms. The first-order valence-electron chi connectivity index (χ1n) is 8.40. The number of hydrogen-bond acceptors (Lipinski definition) is 6. The number of nitro benzene ring substituents is 1. The zero-order valence-corrected chi connectivity index (χ0v) is 16.7. The third-order valence-corrected chi connectivity index (χ3v) is 7.60. The van der Waals surface area contributed by atoms with E-state index in [4.69, 9.17) is 4.74 Å². The number of hydrogen-bond donors (Lipinski definition) is 0. The standard InChI is InChI=1S/C18H20N2O5S2/c1-13-3-5-16(14(2)11-13)26-17-6-4-15(20(21)22)12-18(17)27(23,24)19-7-9-25-10-8-19/h3-6,11-12H,7-10H2,1-2H3. The van der Waals surface area contributed by atoms with Crippen LogP contribution in [0.25, 0.3) is 0 Å². The van der Waals surface area contributed by atoms with Crippen molar-refractivity contribution in [3.63, 3.8) is 0 Å². The van der Waals surface area contributed by atoms with Gasteiger partial charge in [0.25, 0.3) is 5.69 Å². The number of rotatable bonds is 5. The van der Waals surface area contributed by atoms with Crippen LogP contribution < -0.4 is 0 Å². The third kappa shape index (κ3) is 4.32. The topological polar surface area (TPSA) is 89.8 Å². The molecule has 0 spiro atoms. The van der Waals surface area contributed by atoms with Gasteiger partial charge in [0.1, 0.15) is 4.90 Å². The quantitative estimate of drug-likeness (QED) is 0.556. The second-order valence-corrected chi connectivity index (χ2v) is 9.27. The summed E-state index contributed by atoms with van der Waals surface area (Å²) in [4.78, 5) is 12.0. The van der Waals surface area contributed by atoms with Crippen LogP contribution in [0.4, 0.5) is 5.69 Å². The van der Waals surface area contributed by atoms with E-state index >= 15 is 0 Å². The zero-order valence-electron chi connectivity index (χ0n) is 15.0. The van der Waals surface area contributed by atoms with Crippen molar-refractivity contribution in [3.05, 3.63) is 57.6 Å². The number of benzene rings is 2. The number of nitrogens with zero attached hydrogens (tertiary/aromatic N) is 2. The van der Waals surface area contributed by atoms with Gasteiger partial charge in [0.2, 0.25) is 10.0 Å². The van der Waals surface area contributed by atoms with Gasteiger partial charge >= 0.3 is 0 Å². The Labute approximate surface area is 162 Å². The summed E-state index contributed by atoms with van der Waals surface area (Å²) in [6, 6.07) is 9.90. The van der Waals surface area contributed by atoms with Crippen molar-refractivity contribution in [1.82, 2.24) is 4.31 Å². The highest BCUT2D eigenvalue weighted by molar-refractivity contribution is 8.00. The summed E-state index contributed by atoms with van der Waals surface area (Å²) in [7, 11) is -3.86. The van der Waals surface area contributed by atoms with E-state index in [-0.39, 0.29) is 23.7 Å². The molecule has 2 aromatic rings. The molecule has 0 amide bonds. The number of morpholine rings is 1. The van der Waals surface area contributed by atoms with E-state index in [1.165, 1.54) is 28.2 Å². The van der Waals surface area contributed by atoms with Crippen molar-refractivity contribution in [1.29, 1.82) is 0 Å². The fourth-order valence-corrected chi connectivity index (χ4v) is 5.68. The minimum Gasteiger partial charge on any atom is -0.379 e. The molecule has 2 aromatic carbocycles. The predicted molar refractivity (Wildman–Crippen MR) is 103 cm³/mol. The smallest absolute Gasteiger partial charge is 0.270 e. The second-order valence-electron chi connectivity index (χ2n) is 6.28. The average molecular weight is 409 g/mol. The van der Waals surface area contributed by atoms with E-state index < -0.39 is 14.9 Å². The van der Waals surface area contributed by atoms with E-state index in [0.29, 0.717) is 18.1 Å². The lowest BCUT2D eigenvalue weighted by Gasteiger charge is -2.26. The summed E-state index contributed by atoms with van der Waals surface area (Å²) in [6.45, 7) is 5.04. The van der Waals surface area contributed by atoms with E-state index in [1.807, 2.05) is 32.0 Å². The monoisotopic (exact) mass is 408 g/mol. The SMILES string of the molecule is Cc1ccc(Sc2ccc([N+](=O)[O-])cc2S(=O)(=O)N2CCOCC2)c(C)c1. The first-order chi connectivity index (χ1) is 12.8. The molecule has 0 atom stereocenters. The summed E-state index contributed by atoms with van der Waals surface area (Å²) >= 11 is 1.30. The van der Waals surface area contributed by atoms with Gasteiger partial charge in [-0.3, -0.25) is 10.1 Å². The highest BCUT2D eigenvalue weighted by atomic mass is 32.2. The van der Waals surface area contributed by atoms with Crippen LogP contribution in [0.5, 0.6) is 0 Å². The average Bonchev–Trinajstić information content (AvgIpc) is 2.64. The van der Waals surface area contributed by atoms with Crippen molar-refractivity contribution in [2.45, 2.75) is 28.5 Å². The van der Waals surface area contributed by atoms with Crippen LogP contribution in [-0.2, 0) is 14.8 Å². The Hall–Kier alpha value is -1.94. The molecular weight excluding hydrogens is 388 g/mol. The Balaban J connectivity index is 2.06. The highest BCUT2D eigenvalue weighted by Crippen LogP contribution is 2.37. The van der Waals surface area contributed by atoms with Crippen LogP contribution >= 0.6 is 11.8 Å². The normalized spacial score (nSPS) is 15.6.